The van der Waals surface area contributed by atoms with E-state index in [1.165, 1.54) is 5.56 Å². The summed E-state index contributed by atoms with van der Waals surface area (Å²) in [6.45, 7) is 4.06. The van der Waals surface area contributed by atoms with Gasteiger partial charge in [-0.25, -0.2) is 0 Å². The Morgan fingerprint density at radius 1 is 1.18 bits per heavy atom. The molecule has 0 unspecified atom stereocenters. The molecular formula is C14H14OS2. The molecule has 2 aromatic rings. The van der Waals surface area contributed by atoms with Gasteiger partial charge in [-0.1, -0.05) is 17.7 Å². The molecule has 1 aromatic heterocycles. The van der Waals surface area contributed by atoms with Crippen molar-refractivity contribution in [3.63, 3.8) is 0 Å². The van der Waals surface area contributed by atoms with Gasteiger partial charge in [-0.2, -0.15) is 0 Å². The van der Waals surface area contributed by atoms with Crippen LogP contribution in [0.15, 0.2) is 40.6 Å². The van der Waals surface area contributed by atoms with Crippen molar-refractivity contribution in [3.8, 4) is 0 Å². The number of aryl methyl sites for hydroxylation is 2. The highest BCUT2D eigenvalue weighted by Gasteiger charge is 2.10. The lowest BCUT2D eigenvalue weighted by molar-refractivity contribution is 0.102. The van der Waals surface area contributed by atoms with Crippen LogP contribution in [0.1, 0.15) is 20.8 Å². The largest absolute Gasteiger partial charge is 0.293 e. The van der Waals surface area contributed by atoms with Crippen molar-refractivity contribution in [2.24, 2.45) is 0 Å². The predicted octanol–water partition coefficient (Wildman–Crippen LogP) is 4.34. The summed E-state index contributed by atoms with van der Waals surface area (Å²) in [5.74, 6) is 0.731. The molecule has 0 amide bonds. The number of carbonyl (C=O) groups is 1. The molecule has 0 spiro atoms. The maximum absolute atomic E-state index is 12.0. The smallest absolute Gasteiger partial charge is 0.174 e. The van der Waals surface area contributed by atoms with Gasteiger partial charge in [-0.3, -0.25) is 4.79 Å². The first-order chi connectivity index (χ1) is 8.16. The molecule has 0 N–H and O–H groups in total. The van der Waals surface area contributed by atoms with Gasteiger partial charge in [0, 0.05) is 15.3 Å². The monoisotopic (exact) mass is 262 g/mol. The first-order valence-electron chi connectivity index (χ1n) is 5.43. The van der Waals surface area contributed by atoms with Gasteiger partial charge >= 0.3 is 0 Å². The van der Waals surface area contributed by atoms with Gasteiger partial charge in [0.05, 0.1) is 5.75 Å². The standard InChI is InChI=1S/C14H14OS2/c1-10-3-5-12(6-4-10)17-9-14(15)13-7-8-16-11(13)2/h3-8H,9H2,1-2H3. The molecule has 0 atom stereocenters. The number of thiophene rings is 1. The second-order valence-corrected chi connectivity index (χ2v) is 6.08. The Kier molecular flexibility index (Phi) is 4.02. The fourth-order valence-corrected chi connectivity index (χ4v) is 3.03. The molecule has 3 heteroatoms. The van der Waals surface area contributed by atoms with Crippen LogP contribution in [0.4, 0.5) is 0 Å². The zero-order valence-corrected chi connectivity index (χ0v) is 11.5. The van der Waals surface area contributed by atoms with E-state index >= 15 is 0 Å². The number of hydrogen-bond acceptors (Lipinski definition) is 3. The second-order valence-electron chi connectivity index (χ2n) is 3.92. The van der Waals surface area contributed by atoms with E-state index in [1.807, 2.05) is 18.4 Å². The Balaban J connectivity index is 1.97. The van der Waals surface area contributed by atoms with Gasteiger partial charge < -0.3 is 0 Å². The van der Waals surface area contributed by atoms with Crippen LogP contribution in [-0.2, 0) is 0 Å². The molecule has 0 aliphatic rings. The van der Waals surface area contributed by atoms with E-state index in [-0.39, 0.29) is 5.78 Å². The predicted molar refractivity (Wildman–Crippen MR) is 75.3 cm³/mol. The summed E-state index contributed by atoms with van der Waals surface area (Å²) in [6.07, 6.45) is 0. The van der Waals surface area contributed by atoms with Crippen molar-refractivity contribution < 1.29 is 4.79 Å². The van der Waals surface area contributed by atoms with Crippen LogP contribution in [0.25, 0.3) is 0 Å². The Morgan fingerprint density at radius 2 is 1.88 bits per heavy atom. The number of hydrogen-bond donors (Lipinski definition) is 0. The minimum Gasteiger partial charge on any atom is -0.293 e. The van der Waals surface area contributed by atoms with Crippen LogP contribution < -0.4 is 0 Å². The van der Waals surface area contributed by atoms with Gasteiger partial charge in [0.25, 0.3) is 0 Å². The zero-order valence-electron chi connectivity index (χ0n) is 9.90. The Morgan fingerprint density at radius 3 is 2.47 bits per heavy atom. The Bertz CT molecular complexity index is 511. The van der Waals surface area contributed by atoms with E-state index in [1.54, 1.807) is 23.1 Å². The van der Waals surface area contributed by atoms with Crippen molar-refractivity contribution in [3.05, 3.63) is 51.7 Å². The van der Waals surface area contributed by atoms with E-state index in [0.717, 1.165) is 15.3 Å². The van der Waals surface area contributed by atoms with Crippen LogP contribution in [0.3, 0.4) is 0 Å². The maximum atomic E-state index is 12.0. The molecule has 0 saturated carbocycles. The molecule has 1 nitrogen and oxygen atoms in total. The molecule has 1 heterocycles. The summed E-state index contributed by atoms with van der Waals surface area (Å²) >= 11 is 3.23. The second kappa shape index (κ2) is 5.52. The van der Waals surface area contributed by atoms with E-state index in [4.69, 9.17) is 0 Å². The van der Waals surface area contributed by atoms with Crippen LogP contribution in [-0.4, -0.2) is 11.5 Å². The van der Waals surface area contributed by atoms with E-state index in [0.29, 0.717) is 5.75 Å². The molecular weight excluding hydrogens is 248 g/mol. The van der Waals surface area contributed by atoms with Gasteiger partial charge in [-0.05, 0) is 37.4 Å². The summed E-state index contributed by atoms with van der Waals surface area (Å²) in [5, 5.41) is 1.97. The lowest BCUT2D eigenvalue weighted by Gasteiger charge is -2.01. The highest BCUT2D eigenvalue weighted by Crippen LogP contribution is 2.22. The Hall–Kier alpha value is -1.06. The molecule has 0 saturated heterocycles. The van der Waals surface area contributed by atoms with E-state index < -0.39 is 0 Å². The zero-order chi connectivity index (χ0) is 12.3. The van der Waals surface area contributed by atoms with Crippen molar-refractivity contribution >= 4 is 28.9 Å². The average Bonchev–Trinajstić information content (AvgIpc) is 2.74. The molecule has 1 aromatic carbocycles. The number of carbonyl (C=O) groups excluding carboxylic acids is 1. The topological polar surface area (TPSA) is 17.1 Å². The molecule has 2 rings (SSSR count). The van der Waals surface area contributed by atoms with Crippen LogP contribution in [0.2, 0.25) is 0 Å². The summed E-state index contributed by atoms with van der Waals surface area (Å²) < 4.78 is 0. The minimum absolute atomic E-state index is 0.217. The van der Waals surface area contributed by atoms with Crippen LogP contribution in [0.5, 0.6) is 0 Å². The normalized spacial score (nSPS) is 10.5. The van der Waals surface area contributed by atoms with E-state index in [2.05, 4.69) is 31.2 Å². The molecule has 0 fully saturated rings. The molecule has 0 aliphatic heterocycles. The average molecular weight is 262 g/mol. The maximum Gasteiger partial charge on any atom is 0.174 e. The number of ketones is 1. The van der Waals surface area contributed by atoms with Gasteiger partial charge in [-0.15, -0.1) is 23.1 Å². The fraction of sp³-hybridized carbons (Fsp3) is 0.214. The molecule has 0 radical (unpaired) electrons. The summed E-state index contributed by atoms with van der Waals surface area (Å²) in [4.78, 5) is 14.2. The number of thioether (sulfide) groups is 1. The molecule has 0 aliphatic carbocycles. The lowest BCUT2D eigenvalue weighted by atomic mass is 10.2. The van der Waals surface area contributed by atoms with Crippen molar-refractivity contribution in [1.82, 2.24) is 0 Å². The SMILES string of the molecule is Cc1ccc(SCC(=O)c2ccsc2C)cc1. The van der Waals surface area contributed by atoms with Crippen LogP contribution in [0, 0.1) is 13.8 Å². The summed E-state index contributed by atoms with van der Waals surface area (Å²) in [6, 6.07) is 10.2. The third-order valence-electron chi connectivity index (χ3n) is 2.55. The molecule has 17 heavy (non-hydrogen) atoms. The summed E-state index contributed by atoms with van der Waals surface area (Å²) in [5.41, 5.74) is 2.11. The third-order valence-corrected chi connectivity index (χ3v) is 4.41. The highest BCUT2D eigenvalue weighted by molar-refractivity contribution is 8.00. The molecule has 0 bridgehead atoms. The fourth-order valence-electron chi connectivity index (χ4n) is 1.54. The van der Waals surface area contributed by atoms with Gasteiger partial charge in [0.2, 0.25) is 0 Å². The van der Waals surface area contributed by atoms with Gasteiger partial charge in [0.15, 0.2) is 5.78 Å². The minimum atomic E-state index is 0.217. The first-order valence-corrected chi connectivity index (χ1v) is 7.30. The summed E-state index contributed by atoms with van der Waals surface area (Å²) in [7, 11) is 0. The van der Waals surface area contributed by atoms with Crippen molar-refractivity contribution in [2.75, 3.05) is 5.75 Å². The third kappa shape index (κ3) is 3.20. The molecule has 88 valence electrons. The van der Waals surface area contributed by atoms with Crippen molar-refractivity contribution in [1.29, 1.82) is 0 Å². The number of benzene rings is 1. The number of rotatable bonds is 4. The van der Waals surface area contributed by atoms with Crippen molar-refractivity contribution in [2.45, 2.75) is 18.7 Å². The highest BCUT2D eigenvalue weighted by atomic mass is 32.2. The number of Topliss-reactive ketones (excluding diaryl/α,β-unsaturated/α-hetero) is 1. The Labute approximate surface area is 110 Å². The van der Waals surface area contributed by atoms with E-state index in [9.17, 15) is 4.79 Å². The lowest BCUT2D eigenvalue weighted by Crippen LogP contribution is -2.02. The van der Waals surface area contributed by atoms with Gasteiger partial charge in [0.1, 0.15) is 0 Å². The first kappa shape index (κ1) is 12.4. The van der Waals surface area contributed by atoms with Crippen LogP contribution >= 0.6 is 23.1 Å². The quantitative estimate of drug-likeness (QED) is 0.602.